The van der Waals surface area contributed by atoms with Gasteiger partial charge in [-0.15, -0.1) is 0 Å². The Kier molecular flexibility index (Phi) is 10.9. The van der Waals surface area contributed by atoms with E-state index in [9.17, 15) is 0 Å². The molecule has 0 unspecified atom stereocenters. The summed E-state index contributed by atoms with van der Waals surface area (Å²) in [6.07, 6.45) is 0. The highest BCUT2D eigenvalue weighted by molar-refractivity contribution is 6.14. The highest BCUT2D eigenvalue weighted by atomic mass is 15.1. The van der Waals surface area contributed by atoms with Gasteiger partial charge in [0.05, 0.1) is 16.7 Å². The molecule has 2 heteroatoms. The lowest BCUT2D eigenvalue weighted by Gasteiger charge is -2.29. The van der Waals surface area contributed by atoms with Crippen LogP contribution in [0.2, 0.25) is 0 Å². The minimum Gasteiger partial charge on any atom is -0.310 e. The zero-order chi connectivity index (χ0) is 47.8. The van der Waals surface area contributed by atoms with Gasteiger partial charge >= 0.3 is 0 Å². The maximum atomic E-state index is 2.44. The monoisotopic (exact) mass is 916 g/mol. The van der Waals surface area contributed by atoms with Crippen molar-refractivity contribution >= 4 is 49.6 Å². The van der Waals surface area contributed by atoms with Gasteiger partial charge in [-0.1, -0.05) is 237 Å². The Morgan fingerprint density at radius 3 is 1.50 bits per heavy atom. The Morgan fingerprint density at radius 1 is 0.250 bits per heavy atom. The standard InChI is InChI=1S/C70H48N2/c1-3-20-53(21-4-1)60-27-9-10-28-62(60)63-29-11-12-30-64(63)65-31-13-15-35-68(65)71(58-45-43-51(44-46-58)50-37-39-52(40-38-50)55-42-41-49-19-7-8-22-54(49)47-55)59-26-17-23-56(48-59)61-33-18-34-67-66-32-14-16-36-69(66)72(70(61)67)57-24-5-2-6-25-57/h1-48H. The SMILES string of the molecule is c1ccc(-c2ccccc2-c2ccccc2-c2ccccc2N(c2ccc(-c3ccc(-c4ccc5ccccc5c4)cc3)cc2)c2cccc(-c3cccc4c5ccccc5n(-c5ccccc5)c34)c2)cc1. The van der Waals surface area contributed by atoms with Gasteiger partial charge in [-0.05, 0) is 121 Å². The van der Waals surface area contributed by atoms with Gasteiger partial charge in [0.15, 0.2) is 0 Å². The van der Waals surface area contributed by atoms with Gasteiger partial charge < -0.3 is 9.47 Å². The molecule has 338 valence electrons. The third-order valence-electron chi connectivity index (χ3n) is 14.2. The lowest BCUT2D eigenvalue weighted by molar-refractivity contribution is 1.18. The molecule has 13 rings (SSSR count). The van der Waals surface area contributed by atoms with E-state index in [4.69, 9.17) is 0 Å². The van der Waals surface area contributed by atoms with Gasteiger partial charge in [0.2, 0.25) is 0 Å². The number of para-hydroxylation sites is 4. The van der Waals surface area contributed by atoms with Crippen molar-refractivity contribution in [3.05, 3.63) is 291 Å². The molecule has 0 atom stereocenters. The van der Waals surface area contributed by atoms with E-state index >= 15 is 0 Å². The summed E-state index contributed by atoms with van der Waals surface area (Å²) in [5.41, 5.74) is 20.9. The van der Waals surface area contributed by atoms with Crippen LogP contribution in [-0.4, -0.2) is 4.57 Å². The molecular formula is C70H48N2. The number of rotatable bonds is 10. The molecule has 0 fully saturated rings. The fourth-order valence-corrected chi connectivity index (χ4v) is 10.8. The average Bonchev–Trinajstić information content (AvgIpc) is 3.81. The largest absolute Gasteiger partial charge is 0.310 e. The molecule has 0 aliphatic heterocycles. The van der Waals surface area contributed by atoms with Crippen molar-refractivity contribution in [2.24, 2.45) is 0 Å². The summed E-state index contributed by atoms with van der Waals surface area (Å²) >= 11 is 0. The Bertz CT molecular complexity index is 4070. The molecule has 0 saturated carbocycles. The molecule has 0 saturated heterocycles. The molecule has 12 aromatic carbocycles. The molecule has 0 N–H and O–H groups in total. The third-order valence-corrected chi connectivity index (χ3v) is 14.2. The Labute approximate surface area is 420 Å². The van der Waals surface area contributed by atoms with Crippen LogP contribution in [0.3, 0.4) is 0 Å². The lowest BCUT2D eigenvalue weighted by atomic mass is 9.88. The van der Waals surface area contributed by atoms with E-state index in [1.807, 2.05) is 0 Å². The molecule has 1 aromatic heterocycles. The van der Waals surface area contributed by atoms with E-state index in [0.717, 1.165) is 45.0 Å². The molecule has 0 bridgehead atoms. The number of hydrogen-bond acceptors (Lipinski definition) is 1. The van der Waals surface area contributed by atoms with Crippen LogP contribution in [0.4, 0.5) is 17.1 Å². The van der Waals surface area contributed by atoms with Crippen LogP contribution in [-0.2, 0) is 0 Å². The maximum Gasteiger partial charge on any atom is 0.0619 e. The van der Waals surface area contributed by atoms with Crippen molar-refractivity contribution in [3.63, 3.8) is 0 Å². The summed E-state index contributed by atoms with van der Waals surface area (Å²) in [5.74, 6) is 0. The fourth-order valence-electron chi connectivity index (χ4n) is 10.8. The summed E-state index contributed by atoms with van der Waals surface area (Å²) in [6.45, 7) is 0. The molecule has 13 aromatic rings. The van der Waals surface area contributed by atoms with E-state index < -0.39 is 0 Å². The number of fused-ring (bicyclic) bond motifs is 4. The first kappa shape index (κ1) is 42.6. The highest BCUT2D eigenvalue weighted by Crippen LogP contribution is 2.47. The van der Waals surface area contributed by atoms with Crippen LogP contribution in [0, 0.1) is 0 Å². The van der Waals surface area contributed by atoms with E-state index in [1.54, 1.807) is 0 Å². The summed E-state index contributed by atoms with van der Waals surface area (Å²) < 4.78 is 2.43. The van der Waals surface area contributed by atoms with E-state index in [1.165, 1.54) is 77.1 Å². The molecule has 0 radical (unpaired) electrons. The topological polar surface area (TPSA) is 8.17 Å². The van der Waals surface area contributed by atoms with Crippen molar-refractivity contribution < 1.29 is 0 Å². The normalized spacial score (nSPS) is 11.3. The quantitative estimate of drug-likeness (QED) is 0.133. The second-order valence-electron chi connectivity index (χ2n) is 18.4. The second-order valence-corrected chi connectivity index (χ2v) is 18.4. The summed E-state index contributed by atoms with van der Waals surface area (Å²) in [5, 5.41) is 4.97. The van der Waals surface area contributed by atoms with Crippen LogP contribution in [0.5, 0.6) is 0 Å². The molecule has 72 heavy (non-hydrogen) atoms. The third kappa shape index (κ3) is 7.73. The van der Waals surface area contributed by atoms with Crippen LogP contribution < -0.4 is 4.90 Å². The predicted molar refractivity (Wildman–Crippen MR) is 306 cm³/mol. The first-order valence-corrected chi connectivity index (χ1v) is 24.7. The van der Waals surface area contributed by atoms with Gasteiger partial charge in [-0.3, -0.25) is 0 Å². The van der Waals surface area contributed by atoms with Crippen LogP contribution in [0.25, 0.3) is 105 Å². The predicted octanol–water partition coefficient (Wildman–Crippen LogP) is 19.4. The molecular weight excluding hydrogens is 869 g/mol. The number of aromatic nitrogens is 1. The number of hydrogen-bond donors (Lipinski definition) is 0. The van der Waals surface area contributed by atoms with Crippen molar-refractivity contribution in [1.29, 1.82) is 0 Å². The van der Waals surface area contributed by atoms with Crippen molar-refractivity contribution in [3.8, 4) is 72.4 Å². The Balaban J connectivity index is 0.963. The summed E-state index contributed by atoms with van der Waals surface area (Å²) in [4.78, 5) is 2.44. The van der Waals surface area contributed by atoms with Gasteiger partial charge in [-0.2, -0.15) is 0 Å². The minimum atomic E-state index is 1.06. The van der Waals surface area contributed by atoms with Gasteiger partial charge in [0.25, 0.3) is 0 Å². The minimum absolute atomic E-state index is 1.06. The zero-order valence-electron chi connectivity index (χ0n) is 39.6. The van der Waals surface area contributed by atoms with Crippen LogP contribution in [0.1, 0.15) is 0 Å². The molecule has 0 aliphatic rings. The molecule has 0 amide bonds. The Hall–Kier alpha value is -9.50. The number of nitrogens with zero attached hydrogens (tertiary/aromatic N) is 2. The number of benzene rings is 12. The smallest absolute Gasteiger partial charge is 0.0619 e. The average molecular weight is 917 g/mol. The first-order chi connectivity index (χ1) is 35.7. The highest BCUT2D eigenvalue weighted by Gasteiger charge is 2.22. The molecule has 2 nitrogen and oxygen atoms in total. The first-order valence-electron chi connectivity index (χ1n) is 24.7. The summed E-state index contributed by atoms with van der Waals surface area (Å²) in [6, 6.07) is 106. The van der Waals surface area contributed by atoms with Crippen molar-refractivity contribution in [1.82, 2.24) is 4.57 Å². The summed E-state index contributed by atoms with van der Waals surface area (Å²) in [7, 11) is 0. The molecule has 0 aliphatic carbocycles. The van der Waals surface area contributed by atoms with Gasteiger partial charge in [-0.25, -0.2) is 0 Å². The van der Waals surface area contributed by atoms with Crippen molar-refractivity contribution in [2.45, 2.75) is 0 Å². The van der Waals surface area contributed by atoms with Crippen LogP contribution in [0.15, 0.2) is 291 Å². The molecule has 1 heterocycles. The van der Waals surface area contributed by atoms with E-state index in [0.29, 0.717) is 0 Å². The lowest BCUT2D eigenvalue weighted by Crippen LogP contribution is -2.11. The number of anilines is 3. The molecule has 0 spiro atoms. The maximum absolute atomic E-state index is 2.44. The second kappa shape index (κ2) is 18.4. The van der Waals surface area contributed by atoms with Crippen molar-refractivity contribution in [2.75, 3.05) is 4.90 Å². The fraction of sp³-hybridized carbons (Fsp3) is 0. The zero-order valence-corrected chi connectivity index (χ0v) is 39.6. The van der Waals surface area contributed by atoms with Gasteiger partial charge in [0, 0.05) is 39.0 Å². The van der Waals surface area contributed by atoms with E-state index in [-0.39, 0.29) is 0 Å². The Morgan fingerprint density at radius 2 is 0.750 bits per heavy atom. The van der Waals surface area contributed by atoms with Gasteiger partial charge in [0.1, 0.15) is 0 Å². The van der Waals surface area contributed by atoms with E-state index in [2.05, 4.69) is 301 Å². The van der Waals surface area contributed by atoms with Crippen LogP contribution >= 0.6 is 0 Å².